The molecule has 110 valence electrons. The molecule has 1 aromatic heterocycles. The van der Waals surface area contributed by atoms with Crippen LogP contribution in [0.3, 0.4) is 0 Å². The number of thiazole rings is 1. The standard InChI is InChI=1S/C14H15N3O3S/c15-14-16-10(8-21-14)7-12(18)17-11(13(19)20)6-9-4-2-1-3-5-9/h1-5,8,11H,6-7H2,(H2,15,16)(H,17,18)(H,19,20)/t11-/m0/s1. The van der Waals surface area contributed by atoms with E-state index in [0.717, 1.165) is 5.56 Å². The largest absolute Gasteiger partial charge is 0.480 e. The number of nitrogens with two attached hydrogens (primary N) is 1. The second kappa shape index (κ2) is 6.85. The van der Waals surface area contributed by atoms with Crippen LogP contribution in [0.4, 0.5) is 5.13 Å². The molecule has 0 spiro atoms. The fraction of sp³-hybridized carbons (Fsp3) is 0.214. The minimum atomic E-state index is -1.06. The number of rotatable bonds is 6. The van der Waals surface area contributed by atoms with Crippen LogP contribution in [0.2, 0.25) is 0 Å². The molecule has 0 saturated heterocycles. The number of amides is 1. The summed E-state index contributed by atoms with van der Waals surface area (Å²) in [4.78, 5) is 27.1. The van der Waals surface area contributed by atoms with Gasteiger partial charge >= 0.3 is 5.97 Å². The average Bonchev–Trinajstić information content (AvgIpc) is 2.84. The van der Waals surface area contributed by atoms with Crippen molar-refractivity contribution in [3.63, 3.8) is 0 Å². The van der Waals surface area contributed by atoms with Crippen molar-refractivity contribution in [2.24, 2.45) is 0 Å². The summed E-state index contributed by atoms with van der Waals surface area (Å²) in [5.41, 5.74) is 6.88. The maximum Gasteiger partial charge on any atom is 0.326 e. The molecule has 2 rings (SSSR count). The maximum absolute atomic E-state index is 11.9. The number of anilines is 1. The molecule has 0 aliphatic carbocycles. The molecule has 1 amide bonds. The Kier molecular flexibility index (Phi) is 4.89. The molecule has 0 saturated carbocycles. The number of hydrogen-bond acceptors (Lipinski definition) is 5. The molecule has 7 heteroatoms. The molecule has 1 atom stereocenters. The first-order valence-corrected chi connectivity index (χ1v) is 7.18. The van der Waals surface area contributed by atoms with E-state index in [2.05, 4.69) is 10.3 Å². The van der Waals surface area contributed by atoms with Crippen LogP contribution in [-0.2, 0) is 22.4 Å². The molecule has 1 heterocycles. The third-order valence-electron chi connectivity index (χ3n) is 2.83. The van der Waals surface area contributed by atoms with Crippen LogP contribution in [-0.4, -0.2) is 28.0 Å². The average molecular weight is 305 g/mol. The van der Waals surface area contributed by atoms with E-state index in [1.807, 2.05) is 30.3 Å². The van der Waals surface area contributed by atoms with Gasteiger partial charge in [0.2, 0.25) is 5.91 Å². The SMILES string of the molecule is Nc1nc(CC(=O)N[C@@H](Cc2ccccc2)C(=O)O)cs1. The number of nitrogens with one attached hydrogen (secondary N) is 1. The number of nitrogen functional groups attached to an aromatic ring is 1. The highest BCUT2D eigenvalue weighted by atomic mass is 32.1. The highest BCUT2D eigenvalue weighted by Gasteiger charge is 2.20. The second-order valence-electron chi connectivity index (χ2n) is 4.50. The van der Waals surface area contributed by atoms with Crippen molar-refractivity contribution in [2.75, 3.05) is 5.73 Å². The first-order chi connectivity index (χ1) is 10.0. The third kappa shape index (κ3) is 4.57. The summed E-state index contributed by atoms with van der Waals surface area (Å²) < 4.78 is 0. The van der Waals surface area contributed by atoms with Crippen LogP contribution in [0.25, 0.3) is 0 Å². The quantitative estimate of drug-likeness (QED) is 0.740. The van der Waals surface area contributed by atoms with Gasteiger partial charge in [-0.25, -0.2) is 9.78 Å². The summed E-state index contributed by atoms with van der Waals surface area (Å²) in [6, 6.07) is 8.19. The summed E-state index contributed by atoms with van der Waals surface area (Å²) in [6.07, 6.45) is 0.257. The second-order valence-corrected chi connectivity index (χ2v) is 5.39. The molecule has 0 bridgehead atoms. The van der Waals surface area contributed by atoms with Crippen molar-refractivity contribution in [2.45, 2.75) is 18.9 Å². The van der Waals surface area contributed by atoms with Crippen LogP contribution in [0.15, 0.2) is 35.7 Å². The van der Waals surface area contributed by atoms with Crippen molar-refractivity contribution >= 4 is 28.3 Å². The Hall–Kier alpha value is -2.41. The van der Waals surface area contributed by atoms with Crippen molar-refractivity contribution in [3.8, 4) is 0 Å². The van der Waals surface area contributed by atoms with E-state index in [0.29, 0.717) is 10.8 Å². The zero-order valence-electron chi connectivity index (χ0n) is 11.2. The van der Waals surface area contributed by atoms with E-state index in [4.69, 9.17) is 5.73 Å². The highest BCUT2D eigenvalue weighted by molar-refractivity contribution is 7.13. The lowest BCUT2D eigenvalue weighted by Gasteiger charge is -2.14. The number of aliphatic carboxylic acids is 1. The molecular formula is C14H15N3O3S. The number of carbonyl (C=O) groups excluding carboxylic acids is 1. The van der Waals surface area contributed by atoms with Crippen LogP contribution in [0.5, 0.6) is 0 Å². The Morgan fingerprint density at radius 2 is 2.05 bits per heavy atom. The molecule has 21 heavy (non-hydrogen) atoms. The molecule has 2 aromatic rings. The molecule has 0 fully saturated rings. The Labute approximate surface area is 125 Å². The van der Waals surface area contributed by atoms with Crippen molar-refractivity contribution in [1.29, 1.82) is 0 Å². The van der Waals surface area contributed by atoms with Crippen LogP contribution < -0.4 is 11.1 Å². The monoisotopic (exact) mass is 305 g/mol. The lowest BCUT2D eigenvalue weighted by Crippen LogP contribution is -2.43. The van der Waals surface area contributed by atoms with Gasteiger partial charge in [0.1, 0.15) is 6.04 Å². The number of nitrogens with zero attached hydrogens (tertiary/aromatic N) is 1. The maximum atomic E-state index is 11.9. The van der Waals surface area contributed by atoms with Crippen molar-refractivity contribution in [3.05, 3.63) is 47.0 Å². The summed E-state index contributed by atoms with van der Waals surface area (Å²) >= 11 is 1.24. The normalized spacial score (nSPS) is 11.8. The van der Waals surface area contributed by atoms with Gasteiger partial charge in [-0.15, -0.1) is 11.3 Å². The van der Waals surface area contributed by atoms with E-state index >= 15 is 0 Å². The minimum absolute atomic E-state index is 0.0201. The zero-order chi connectivity index (χ0) is 15.2. The topological polar surface area (TPSA) is 105 Å². The highest BCUT2D eigenvalue weighted by Crippen LogP contribution is 2.11. The van der Waals surface area contributed by atoms with Gasteiger partial charge in [0.05, 0.1) is 12.1 Å². The van der Waals surface area contributed by atoms with Gasteiger partial charge in [-0.05, 0) is 5.56 Å². The number of carbonyl (C=O) groups is 2. The molecule has 1 aromatic carbocycles. The lowest BCUT2D eigenvalue weighted by molar-refractivity contribution is -0.141. The van der Waals surface area contributed by atoms with Crippen molar-refractivity contribution in [1.82, 2.24) is 10.3 Å². The molecule has 0 unspecified atom stereocenters. The molecule has 0 aliphatic rings. The molecule has 0 aliphatic heterocycles. The van der Waals surface area contributed by atoms with Gasteiger partial charge < -0.3 is 16.2 Å². The Morgan fingerprint density at radius 3 is 2.62 bits per heavy atom. The van der Waals surface area contributed by atoms with E-state index in [-0.39, 0.29) is 18.7 Å². The number of carboxylic acids is 1. The van der Waals surface area contributed by atoms with E-state index in [1.54, 1.807) is 5.38 Å². The molecule has 4 N–H and O–H groups in total. The Morgan fingerprint density at radius 1 is 1.33 bits per heavy atom. The summed E-state index contributed by atoms with van der Waals surface area (Å²) in [6.45, 7) is 0. The minimum Gasteiger partial charge on any atom is -0.480 e. The zero-order valence-corrected chi connectivity index (χ0v) is 12.0. The predicted octanol–water partition coefficient (Wildman–Crippen LogP) is 1.08. The summed E-state index contributed by atoms with van der Waals surface area (Å²) in [5, 5.41) is 13.8. The van der Waals surface area contributed by atoms with Crippen LogP contribution in [0.1, 0.15) is 11.3 Å². The first kappa shape index (κ1) is 15.0. The summed E-state index contributed by atoms with van der Waals surface area (Å²) in [5.74, 6) is -1.45. The third-order valence-corrected chi connectivity index (χ3v) is 3.55. The number of hydrogen-bond donors (Lipinski definition) is 3. The van der Waals surface area contributed by atoms with Crippen molar-refractivity contribution < 1.29 is 14.7 Å². The number of carboxylic acid groups (broad SMARTS) is 1. The van der Waals surface area contributed by atoms with Gasteiger partial charge in [0.25, 0.3) is 0 Å². The summed E-state index contributed by atoms with van der Waals surface area (Å²) in [7, 11) is 0. The van der Waals surface area contributed by atoms with Gasteiger partial charge in [-0.1, -0.05) is 30.3 Å². The van der Waals surface area contributed by atoms with Crippen LogP contribution >= 0.6 is 11.3 Å². The van der Waals surface area contributed by atoms with E-state index in [1.165, 1.54) is 11.3 Å². The Balaban J connectivity index is 1.96. The van der Waals surface area contributed by atoms with E-state index < -0.39 is 12.0 Å². The van der Waals surface area contributed by atoms with Gasteiger partial charge in [0, 0.05) is 11.8 Å². The number of aromatic nitrogens is 1. The fourth-order valence-electron chi connectivity index (χ4n) is 1.86. The van der Waals surface area contributed by atoms with Crippen LogP contribution in [0, 0.1) is 0 Å². The number of benzene rings is 1. The van der Waals surface area contributed by atoms with Gasteiger partial charge in [-0.2, -0.15) is 0 Å². The lowest BCUT2D eigenvalue weighted by atomic mass is 10.1. The fourth-order valence-corrected chi connectivity index (χ4v) is 2.43. The molecular weight excluding hydrogens is 290 g/mol. The molecule has 0 radical (unpaired) electrons. The Bertz CT molecular complexity index is 627. The predicted molar refractivity (Wildman–Crippen MR) is 79.9 cm³/mol. The molecule has 6 nitrogen and oxygen atoms in total. The van der Waals surface area contributed by atoms with Gasteiger partial charge in [-0.3, -0.25) is 4.79 Å². The van der Waals surface area contributed by atoms with E-state index in [9.17, 15) is 14.7 Å². The smallest absolute Gasteiger partial charge is 0.326 e. The van der Waals surface area contributed by atoms with Gasteiger partial charge in [0.15, 0.2) is 5.13 Å². The first-order valence-electron chi connectivity index (χ1n) is 6.30.